The fourth-order valence-electron chi connectivity index (χ4n) is 2.04. The normalized spacial score (nSPS) is 12.6. The molecule has 1 N–H and O–H groups in total. The molecule has 2 aromatic rings. The molecular formula is C14H15F3N2O3S. The van der Waals surface area contributed by atoms with Crippen LogP contribution in [0, 0.1) is 13.8 Å². The molecule has 1 aromatic heterocycles. The molecule has 0 spiro atoms. The third-order valence-corrected chi connectivity index (χ3v) is 4.56. The second-order valence-electron chi connectivity index (χ2n) is 5.08. The lowest BCUT2D eigenvalue weighted by molar-refractivity contribution is -0.137. The number of hydrogen-bond donors (Lipinski definition) is 1. The van der Waals surface area contributed by atoms with Gasteiger partial charge in [0.25, 0.3) is 0 Å². The van der Waals surface area contributed by atoms with Crippen LogP contribution in [-0.2, 0) is 28.5 Å². The van der Waals surface area contributed by atoms with Crippen LogP contribution in [0.3, 0.4) is 0 Å². The number of hydrogen-bond acceptors (Lipinski definition) is 4. The molecule has 9 heteroatoms. The summed E-state index contributed by atoms with van der Waals surface area (Å²) in [7, 11) is -3.79. The largest absolute Gasteiger partial charge is 0.416 e. The average molecular weight is 348 g/mol. The first kappa shape index (κ1) is 17.5. The summed E-state index contributed by atoms with van der Waals surface area (Å²) in [6, 6.07) is 4.24. The molecule has 5 nitrogen and oxygen atoms in total. The number of nitrogens with zero attached hydrogens (tertiary/aromatic N) is 1. The van der Waals surface area contributed by atoms with Crippen LogP contribution in [-0.4, -0.2) is 13.6 Å². The number of aryl methyl sites for hydroxylation is 2. The molecule has 0 saturated heterocycles. The van der Waals surface area contributed by atoms with Crippen LogP contribution in [0.1, 0.15) is 28.1 Å². The van der Waals surface area contributed by atoms with E-state index < -0.39 is 27.5 Å². The van der Waals surface area contributed by atoms with E-state index in [1.54, 1.807) is 13.8 Å². The van der Waals surface area contributed by atoms with Gasteiger partial charge >= 0.3 is 6.18 Å². The minimum atomic E-state index is -4.51. The average Bonchev–Trinajstić information content (AvgIpc) is 2.75. The molecule has 0 radical (unpaired) electrons. The van der Waals surface area contributed by atoms with Crippen molar-refractivity contribution in [2.45, 2.75) is 32.3 Å². The Balaban J connectivity index is 2.10. The van der Waals surface area contributed by atoms with Crippen molar-refractivity contribution >= 4 is 10.0 Å². The van der Waals surface area contributed by atoms with Gasteiger partial charge in [-0.25, -0.2) is 13.1 Å². The van der Waals surface area contributed by atoms with E-state index in [0.717, 1.165) is 12.1 Å². The van der Waals surface area contributed by atoms with Crippen LogP contribution in [0.25, 0.3) is 0 Å². The zero-order chi connectivity index (χ0) is 17.3. The van der Waals surface area contributed by atoms with Gasteiger partial charge in [0, 0.05) is 12.1 Å². The van der Waals surface area contributed by atoms with Gasteiger partial charge in [-0.2, -0.15) is 13.2 Å². The van der Waals surface area contributed by atoms with Gasteiger partial charge in [0.2, 0.25) is 10.0 Å². The lowest BCUT2D eigenvalue weighted by Gasteiger charge is -2.10. The Morgan fingerprint density at radius 2 is 1.96 bits per heavy atom. The lowest BCUT2D eigenvalue weighted by Crippen LogP contribution is -2.25. The van der Waals surface area contributed by atoms with Crippen LogP contribution >= 0.6 is 0 Å². The Morgan fingerprint density at radius 3 is 2.52 bits per heavy atom. The molecule has 0 atom stereocenters. The Bertz CT molecular complexity index is 778. The van der Waals surface area contributed by atoms with Gasteiger partial charge in [0.05, 0.1) is 17.0 Å². The Morgan fingerprint density at radius 1 is 1.26 bits per heavy atom. The SMILES string of the molecule is Cc1noc(C)c1CNS(=O)(=O)Cc1cccc(C(F)(F)F)c1. The van der Waals surface area contributed by atoms with E-state index in [2.05, 4.69) is 9.88 Å². The number of aromatic nitrogens is 1. The first-order valence-corrected chi connectivity index (χ1v) is 8.29. The molecule has 0 unspecified atom stereocenters. The maximum atomic E-state index is 12.6. The van der Waals surface area contributed by atoms with E-state index in [1.807, 2.05) is 0 Å². The zero-order valence-corrected chi connectivity index (χ0v) is 13.3. The van der Waals surface area contributed by atoms with Crippen LogP contribution in [0.2, 0.25) is 0 Å². The summed E-state index contributed by atoms with van der Waals surface area (Å²) in [4.78, 5) is 0. The van der Waals surface area contributed by atoms with Crippen LogP contribution in [0.15, 0.2) is 28.8 Å². The first-order chi connectivity index (χ1) is 10.6. The summed E-state index contributed by atoms with van der Waals surface area (Å²) in [6.45, 7) is 3.30. The third kappa shape index (κ3) is 4.55. The molecule has 2 rings (SSSR count). The van der Waals surface area contributed by atoms with Gasteiger partial charge in [-0.1, -0.05) is 23.4 Å². The number of sulfonamides is 1. The van der Waals surface area contributed by atoms with Crippen molar-refractivity contribution in [1.82, 2.24) is 9.88 Å². The molecule has 126 valence electrons. The summed E-state index contributed by atoms with van der Waals surface area (Å²) in [5, 5.41) is 3.70. The third-order valence-electron chi connectivity index (χ3n) is 3.26. The molecular weight excluding hydrogens is 333 g/mol. The van der Waals surface area contributed by atoms with E-state index in [0.29, 0.717) is 17.0 Å². The van der Waals surface area contributed by atoms with Gasteiger partial charge < -0.3 is 4.52 Å². The molecule has 23 heavy (non-hydrogen) atoms. The van der Waals surface area contributed by atoms with E-state index in [-0.39, 0.29) is 12.1 Å². The van der Waals surface area contributed by atoms with Gasteiger partial charge in [-0.15, -0.1) is 0 Å². The second kappa shape index (κ2) is 6.32. The molecule has 0 fully saturated rings. The Labute approximate surface area is 131 Å². The van der Waals surface area contributed by atoms with Crippen molar-refractivity contribution in [2.24, 2.45) is 0 Å². The highest BCUT2D eigenvalue weighted by Gasteiger charge is 2.30. The van der Waals surface area contributed by atoms with Crippen molar-refractivity contribution in [3.63, 3.8) is 0 Å². The quantitative estimate of drug-likeness (QED) is 0.902. The standard InChI is InChI=1S/C14H15F3N2O3S/c1-9-13(10(2)22-19-9)7-18-23(20,21)8-11-4-3-5-12(6-11)14(15,16)17/h3-6,18H,7-8H2,1-2H3. The van der Waals surface area contributed by atoms with Gasteiger partial charge in [-0.3, -0.25) is 0 Å². The maximum absolute atomic E-state index is 12.6. The molecule has 0 aliphatic carbocycles. The molecule has 0 bridgehead atoms. The minimum absolute atomic E-state index is 0.0253. The van der Waals surface area contributed by atoms with Crippen molar-refractivity contribution < 1.29 is 26.1 Å². The summed E-state index contributed by atoms with van der Waals surface area (Å²) in [6.07, 6.45) is -4.51. The van der Waals surface area contributed by atoms with E-state index >= 15 is 0 Å². The summed E-state index contributed by atoms with van der Waals surface area (Å²) in [5.74, 6) is -0.0513. The smallest absolute Gasteiger partial charge is 0.361 e. The number of halogens is 3. The highest BCUT2D eigenvalue weighted by molar-refractivity contribution is 7.88. The Kier molecular flexibility index (Phi) is 4.81. The highest BCUT2D eigenvalue weighted by Crippen LogP contribution is 2.29. The first-order valence-electron chi connectivity index (χ1n) is 6.64. The van der Waals surface area contributed by atoms with E-state index in [4.69, 9.17) is 4.52 Å². The fourth-order valence-corrected chi connectivity index (χ4v) is 3.13. The molecule has 0 saturated carbocycles. The van der Waals surface area contributed by atoms with Gasteiger partial charge in [0.1, 0.15) is 5.76 Å². The number of alkyl halides is 3. The predicted octanol–water partition coefficient (Wildman–Crippen LogP) is 2.93. The molecule has 0 aliphatic rings. The fraction of sp³-hybridized carbons (Fsp3) is 0.357. The molecule has 0 aliphatic heterocycles. The highest BCUT2D eigenvalue weighted by atomic mass is 32.2. The van der Waals surface area contributed by atoms with E-state index in [9.17, 15) is 21.6 Å². The maximum Gasteiger partial charge on any atom is 0.416 e. The molecule has 1 aromatic carbocycles. The molecule has 1 heterocycles. The van der Waals surface area contributed by atoms with Gasteiger partial charge in [0.15, 0.2) is 0 Å². The second-order valence-corrected chi connectivity index (χ2v) is 6.89. The van der Waals surface area contributed by atoms with E-state index in [1.165, 1.54) is 12.1 Å². The number of nitrogens with one attached hydrogen (secondary N) is 1. The predicted molar refractivity (Wildman–Crippen MR) is 76.9 cm³/mol. The summed E-state index contributed by atoms with van der Waals surface area (Å²) >= 11 is 0. The van der Waals surface area contributed by atoms with Crippen molar-refractivity contribution in [3.8, 4) is 0 Å². The van der Waals surface area contributed by atoms with Crippen LogP contribution in [0.5, 0.6) is 0 Å². The number of benzene rings is 1. The Hall–Kier alpha value is -1.87. The van der Waals surface area contributed by atoms with Crippen LogP contribution < -0.4 is 4.72 Å². The lowest BCUT2D eigenvalue weighted by atomic mass is 10.1. The zero-order valence-electron chi connectivity index (χ0n) is 12.4. The summed E-state index contributed by atoms with van der Waals surface area (Å²) in [5.41, 5.74) is 0.351. The number of rotatable bonds is 5. The minimum Gasteiger partial charge on any atom is -0.361 e. The summed E-state index contributed by atoms with van der Waals surface area (Å²) < 4.78 is 69.3. The van der Waals surface area contributed by atoms with Gasteiger partial charge in [-0.05, 0) is 25.5 Å². The van der Waals surface area contributed by atoms with Crippen LogP contribution in [0.4, 0.5) is 13.2 Å². The van der Waals surface area contributed by atoms with Crippen molar-refractivity contribution in [1.29, 1.82) is 0 Å². The topological polar surface area (TPSA) is 72.2 Å². The van der Waals surface area contributed by atoms with Crippen molar-refractivity contribution in [3.05, 3.63) is 52.4 Å². The van der Waals surface area contributed by atoms with Crippen molar-refractivity contribution in [2.75, 3.05) is 0 Å². The molecule has 0 amide bonds. The monoisotopic (exact) mass is 348 g/mol.